The van der Waals surface area contributed by atoms with E-state index in [0.29, 0.717) is 13.0 Å². The van der Waals surface area contributed by atoms with Crippen molar-refractivity contribution in [3.05, 3.63) is 35.4 Å². The molecule has 0 amide bonds. The Labute approximate surface area is 122 Å². The summed E-state index contributed by atoms with van der Waals surface area (Å²) in [7, 11) is -2.35. The van der Waals surface area contributed by atoms with Crippen LogP contribution in [0.2, 0.25) is 0 Å². The van der Waals surface area contributed by atoms with Crippen molar-refractivity contribution in [3.63, 3.8) is 0 Å². The summed E-state index contributed by atoms with van der Waals surface area (Å²) in [5.74, 6) is 0. The van der Waals surface area contributed by atoms with Crippen molar-refractivity contribution in [1.29, 1.82) is 0 Å². The molecular formula is C12H18F3N3O2S. The molecule has 3 N–H and O–H groups in total. The van der Waals surface area contributed by atoms with E-state index in [1.807, 2.05) is 0 Å². The van der Waals surface area contributed by atoms with Gasteiger partial charge in [0, 0.05) is 20.1 Å². The van der Waals surface area contributed by atoms with Gasteiger partial charge in [0.05, 0.1) is 5.56 Å². The van der Waals surface area contributed by atoms with Crippen LogP contribution in [0.3, 0.4) is 0 Å². The summed E-state index contributed by atoms with van der Waals surface area (Å²) in [6, 6.07) is 4.52. The molecule has 9 heteroatoms. The summed E-state index contributed by atoms with van der Waals surface area (Å²) >= 11 is 0. The average molecular weight is 325 g/mol. The number of rotatable bonds is 7. The Kier molecular flexibility index (Phi) is 6.14. The summed E-state index contributed by atoms with van der Waals surface area (Å²) in [6.07, 6.45) is -3.95. The van der Waals surface area contributed by atoms with Crippen LogP contribution in [0, 0.1) is 0 Å². The molecule has 120 valence electrons. The van der Waals surface area contributed by atoms with Crippen molar-refractivity contribution in [2.75, 3.05) is 20.1 Å². The van der Waals surface area contributed by atoms with E-state index in [9.17, 15) is 21.6 Å². The molecule has 0 aliphatic rings. The molecule has 0 aromatic heterocycles. The van der Waals surface area contributed by atoms with E-state index in [1.165, 1.54) is 19.2 Å². The number of nitrogens with zero attached hydrogens (tertiary/aromatic N) is 1. The number of alkyl halides is 3. The van der Waals surface area contributed by atoms with E-state index in [0.717, 1.165) is 16.4 Å². The van der Waals surface area contributed by atoms with Crippen LogP contribution >= 0.6 is 0 Å². The van der Waals surface area contributed by atoms with Gasteiger partial charge in [-0.1, -0.05) is 18.2 Å². The highest BCUT2D eigenvalue weighted by atomic mass is 32.2. The van der Waals surface area contributed by atoms with Gasteiger partial charge in [0.15, 0.2) is 0 Å². The highest BCUT2D eigenvalue weighted by Crippen LogP contribution is 2.29. The minimum Gasteiger partial charge on any atom is -0.330 e. The quantitative estimate of drug-likeness (QED) is 0.794. The predicted octanol–water partition coefficient (Wildman–Crippen LogP) is 1.32. The zero-order chi connectivity index (χ0) is 16.1. The first kappa shape index (κ1) is 17.9. The SMILES string of the molecule is CN(CCCN)S(=O)(=O)NCc1cccc(C(F)(F)F)c1. The summed E-state index contributed by atoms with van der Waals surface area (Å²) < 4.78 is 64.7. The molecule has 0 heterocycles. The van der Waals surface area contributed by atoms with Gasteiger partial charge in [-0.15, -0.1) is 0 Å². The number of nitrogens with one attached hydrogen (secondary N) is 1. The van der Waals surface area contributed by atoms with Crippen molar-refractivity contribution in [2.45, 2.75) is 19.1 Å². The van der Waals surface area contributed by atoms with Crippen molar-refractivity contribution >= 4 is 10.2 Å². The fourth-order valence-corrected chi connectivity index (χ4v) is 2.52. The second-order valence-corrected chi connectivity index (χ2v) is 6.35. The van der Waals surface area contributed by atoms with Gasteiger partial charge >= 0.3 is 6.18 Å². The minimum atomic E-state index is -4.45. The first-order chi connectivity index (χ1) is 9.66. The van der Waals surface area contributed by atoms with Crippen LogP contribution in [0.15, 0.2) is 24.3 Å². The van der Waals surface area contributed by atoms with Crippen LogP contribution in [0.4, 0.5) is 13.2 Å². The van der Waals surface area contributed by atoms with Crippen LogP contribution in [-0.4, -0.2) is 32.9 Å². The number of hydrogen-bond donors (Lipinski definition) is 2. The molecule has 0 radical (unpaired) electrons. The summed E-state index contributed by atoms with van der Waals surface area (Å²) in [4.78, 5) is 0. The van der Waals surface area contributed by atoms with E-state index < -0.39 is 21.9 Å². The Balaban J connectivity index is 2.71. The van der Waals surface area contributed by atoms with Crippen molar-refractivity contribution < 1.29 is 21.6 Å². The molecule has 0 spiro atoms. The summed E-state index contributed by atoms with van der Waals surface area (Å²) in [5, 5.41) is 0. The number of nitrogens with two attached hydrogens (primary N) is 1. The topological polar surface area (TPSA) is 75.4 Å². The third-order valence-corrected chi connectivity index (χ3v) is 4.31. The molecule has 0 bridgehead atoms. The smallest absolute Gasteiger partial charge is 0.330 e. The maximum atomic E-state index is 12.6. The summed E-state index contributed by atoms with van der Waals surface area (Å²) in [5.41, 5.74) is 4.72. The fourth-order valence-electron chi connectivity index (χ4n) is 1.58. The molecule has 0 unspecified atom stereocenters. The van der Waals surface area contributed by atoms with E-state index in [4.69, 9.17) is 5.73 Å². The molecule has 0 saturated heterocycles. The first-order valence-electron chi connectivity index (χ1n) is 6.24. The lowest BCUT2D eigenvalue weighted by atomic mass is 10.1. The average Bonchev–Trinajstić information content (AvgIpc) is 2.42. The Morgan fingerprint density at radius 3 is 2.57 bits per heavy atom. The molecule has 0 saturated carbocycles. The zero-order valence-corrected chi connectivity index (χ0v) is 12.3. The standard InChI is InChI=1S/C12H18F3N3O2S/c1-18(7-3-6-16)21(19,20)17-9-10-4-2-5-11(8-10)12(13,14)15/h2,4-5,8,17H,3,6-7,9,16H2,1H3. The lowest BCUT2D eigenvalue weighted by Gasteiger charge is -2.17. The number of benzene rings is 1. The van der Waals surface area contributed by atoms with Gasteiger partial charge in [-0.05, 0) is 24.6 Å². The molecule has 0 aliphatic carbocycles. The third-order valence-electron chi connectivity index (χ3n) is 2.80. The molecule has 0 atom stereocenters. The fraction of sp³-hybridized carbons (Fsp3) is 0.500. The monoisotopic (exact) mass is 325 g/mol. The molecule has 5 nitrogen and oxygen atoms in total. The molecule has 0 aliphatic heterocycles. The Morgan fingerprint density at radius 2 is 2.00 bits per heavy atom. The second kappa shape index (κ2) is 7.21. The first-order valence-corrected chi connectivity index (χ1v) is 7.68. The van der Waals surface area contributed by atoms with E-state index in [-0.39, 0.29) is 18.7 Å². The molecule has 1 rings (SSSR count). The molecule has 1 aromatic carbocycles. The highest BCUT2D eigenvalue weighted by Gasteiger charge is 2.30. The van der Waals surface area contributed by atoms with Crippen LogP contribution in [-0.2, 0) is 22.9 Å². The van der Waals surface area contributed by atoms with Crippen molar-refractivity contribution in [3.8, 4) is 0 Å². The van der Waals surface area contributed by atoms with Crippen LogP contribution in [0.1, 0.15) is 17.5 Å². The number of hydrogen-bond acceptors (Lipinski definition) is 3. The molecule has 1 aromatic rings. The Bertz CT molecular complexity index is 561. The van der Waals surface area contributed by atoms with E-state index in [2.05, 4.69) is 4.72 Å². The summed E-state index contributed by atoms with van der Waals surface area (Å²) in [6.45, 7) is 0.390. The molecule has 0 fully saturated rings. The normalized spacial score (nSPS) is 12.9. The highest BCUT2D eigenvalue weighted by molar-refractivity contribution is 7.87. The maximum absolute atomic E-state index is 12.6. The van der Waals surface area contributed by atoms with Gasteiger partial charge in [0.2, 0.25) is 0 Å². The van der Waals surface area contributed by atoms with Gasteiger partial charge in [-0.3, -0.25) is 0 Å². The van der Waals surface area contributed by atoms with Crippen LogP contribution in [0.5, 0.6) is 0 Å². The zero-order valence-electron chi connectivity index (χ0n) is 11.5. The van der Waals surface area contributed by atoms with Crippen LogP contribution in [0.25, 0.3) is 0 Å². The van der Waals surface area contributed by atoms with Gasteiger partial charge in [-0.2, -0.15) is 30.6 Å². The maximum Gasteiger partial charge on any atom is 0.416 e. The third kappa shape index (κ3) is 5.62. The molecular weight excluding hydrogens is 307 g/mol. The van der Waals surface area contributed by atoms with Gasteiger partial charge < -0.3 is 5.73 Å². The van der Waals surface area contributed by atoms with Crippen molar-refractivity contribution in [2.24, 2.45) is 5.73 Å². The van der Waals surface area contributed by atoms with Gasteiger partial charge in [0.1, 0.15) is 0 Å². The predicted molar refractivity (Wildman–Crippen MR) is 73.5 cm³/mol. The molecule has 21 heavy (non-hydrogen) atoms. The van der Waals surface area contributed by atoms with Crippen molar-refractivity contribution in [1.82, 2.24) is 9.03 Å². The van der Waals surface area contributed by atoms with E-state index in [1.54, 1.807) is 0 Å². The largest absolute Gasteiger partial charge is 0.416 e. The van der Waals surface area contributed by atoms with Crippen LogP contribution < -0.4 is 10.5 Å². The Morgan fingerprint density at radius 1 is 1.33 bits per heavy atom. The Hall–Kier alpha value is -1.16. The van der Waals surface area contributed by atoms with E-state index >= 15 is 0 Å². The second-order valence-electron chi connectivity index (χ2n) is 4.49. The lowest BCUT2D eigenvalue weighted by molar-refractivity contribution is -0.137. The minimum absolute atomic E-state index is 0.209. The van der Waals surface area contributed by atoms with Gasteiger partial charge in [-0.25, -0.2) is 0 Å². The number of halogens is 3. The lowest BCUT2D eigenvalue weighted by Crippen LogP contribution is -2.38. The van der Waals surface area contributed by atoms with Gasteiger partial charge in [0.25, 0.3) is 10.2 Å².